The van der Waals surface area contributed by atoms with Crippen molar-refractivity contribution in [2.45, 2.75) is 18.3 Å². The number of halogens is 4. The summed E-state index contributed by atoms with van der Waals surface area (Å²) in [5, 5.41) is -4.48. The Kier molecular flexibility index (Phi) is 4.05. The third-order valence-electron chi connectivity index (χ3n) is 1.82. The molecule has 0 N–H and O–H groups in total. The second-order valence-corrected chi connectivity index (χ2v) is 3.84. The van der Waals surface area contributed by atoms with E-state index in [1.165, 1.54) is 0 Å². The summed E-state index contributed by atoms with van der Waals surface area (Å²) in [5.41, 5.74) is 0.802. The van der Waals surface area contributed by atoms with Gasteiger partial charge in [0.05, 0.1) is 6.04 Å². The van der Waals surface area contributed by atoms with E-state index in [0.717, 1.165) is 5.56 Å². The van der Waals surface area contributed by atoms with Crippen LogP contribution >= 0.6 is 23.2 Å². The summed E-state index contributed by atoms with van der Waals surface area (Å²) < 4.78 is 25.0. The summed E-state index contributed by atoms with van der Waals surface area (Å²) in [6, 6.07) is 8.55. The van der Waals surface area contributed by atoms with Gasteiger partial charge in [-0.05, 0) is 24.1 Å². The zero-order valence-corrected chi connectivity index (χ0v) is 9.44. The molecule has 1 nitrogen and oxygen atoms in total. The summed E-state index contributed by atoms with van der Waals surface area (Å²) in [7, 11) is 0. The van der Waals surface area contributed by atoms with E-state index in [2.05, 4.69) is 4.99 Å². The van der Waals surface area contributed by atoms with E-state index >= 15 is 0 Å². The van der Waals surface area contributed by atoms with Crippen molar-refractivity contribution in [1.29, 1.82) is 0 Å². The van der Waals surface area contributed by atoms with Crippen molar-refractivity contribution in [1.82, 2.24) is 0 Å². The Morgan fingerprint density at radius 2 is 1.87 bits per heavy atom. The van der Waals surface area contributed by atoms with Gasteiger partial charge in [-0.25, -0.2) is 0 Å². The maximum atomic E-state index is 12.5. The molecule has 0 radical (unpaired) electrons. The number of alkyl halides is 3. The first kappa shape index (κ1) is 12.4. The molecule has 0 spiro atoms. The van der Waals surface area contributed by atoms with E-state index in [4.69, 9.17) is 23.2 Å². The van der Waals surface area contributed by atoms with Crippen molar-refractivity contribution in [3.8, 4) is 0 Å². The predicted molar refractivity (Wildman–Crippen MR) is 58.9 cm³/mol. The fourth-order valence-corrected chi connectivity index (χ4v) is 1.24. The van der Waals surface area contributed by atoms with Crippen molar-refractivity contribution in [2.24, 2.45) is 4.99 Å². The minimum absolute atomic E-state index is 0.441. The van der Waals surface area contributed by atoms with Gasteiger partial charge in [0.25, 0.3) is 0 Å². The van der Waals surface area contributed by atoms with Crippen LogP contribution in [0.25, 0.3) is 0 Å². The summed E-state index contributed by atoms with van der Waals surface area (Å²) in [6.45, 7) is 1.67. The Morgan fingerprint density at radius 3 is 2.33 bits per heavy atom. The number of benzene rings is 1. The molecule has 15 heavy (non-hydrogen) atoms. The van der Waals surface area contributed by atoms with E-state index < -0.39 is 16.6 Å². The van der Waals surface area contributed by atoms with E-state index in [-0.39, 0.29) is 0 Å². The van der Waals surface area contributed by atoms with Gasteiger partial charge in [0.2, 0.25) is 0 Å². The van der Waals surface area contributed by atoms with Gasteiger partial charge in [-0.3, -0.25) is 4.99 Å². The van der Waals surface area contributed by atoms with Gasteiger partial charge in [0.15, 0.2) is 5.17 Å². The molecule has 0 unspecified atom stereocenters. The number of hydrogen-bond donors (Lipinski definition) is 0. The lowest BCUT2D eigenvalue weighted by atomic mass is 10.1. The van der Waals surface area contributed by atoms with Crippen molar-refractivity contribution >= 4 is 28.4 Å². The second kappa shape index (κ2) is 4.90. The molecule has 0 heterocycles. The van der Waals surface area contributed by atoms with E-state index in [1.54, 1.807) is 31.2 Å². The van der Waals surface area contributed by atoms with Gasteiger partial charge in [-0.1, -0.05) is 41.9 Å². The minimum Gasteiger partial charge on any atom is -0.263 e. The average molecular weight is 252 g/mol. The quantitative estimate of drug-likeness (QED) is 0.564. The summed E-state index contributed by atoms with van der Waals surface area (Å²) in [4.78, 5) is 3.62. The van der Waals surface area contributed by atoms with Crippen LogP contribution in [0.5, 0.6) is 0 Å². The normalized spacial score (nSPS) is 15.1. The molecule has 0 saturated carbocycles. The highest BCUT2D eigenvalue weighted by Crippen LogP contribution is 2.26. The summed E-state index contributed by atoms with van der Waals surface area (Å²) >= 11 is 9.99. The standard InChI is InChI=1S/C10H9Cl2F2N/c1-7(8-5-3-2-4-6-8)15-9(11)10(12,13)14/h2-7H,1H3/t7-/m0/s1. The van der Waals surface area contributed by atoms with E-state index in [0.29, 0.717) is 0 Å². The fraction of sp³-hybridized carbons (Fsp3) is 0.300. The SMILES string of the molecule is C[C@H](N=C(Cl)C(F)(F)Cl)c1ccccc1. The molecule has 0 amide bonds. The molecule has 1 aromatic rings. The lowest BCUT2D eigenvalue weighted by molar-refractivity contribution is 0.178. The monoisotopic (exact) mass is 251 g/mol. The third-order valence-corrected chi connectivity index (χ3v) is 2.43. The van der Waals surface area contributed by atoms with Crippen LogP contribution in [-0.2, 0) is 0 Å². The first-order valence-corrected chi connectivity index (χ1v) is 5.02. The van der Waals surface area contributed by atoms with Gasteiger partial charge in [-0.2, -0.15) is 8.78 Å². The topological polar surface area (TPSA) is 12.4 Å². The molecule has 0 bridgehead atoms. The fourth-order valence-electron chi connectivity index (χ4n) is 1.05. The van der Waals surface area contributed by atoms with Crippen molar-refractivity contribution in [2.75, 3.05) is 0 Å². The third kappa shape index (κ3) is 3.76. The predicted octanol–water partition coefficient (Wildman–Crippen LogP) is 4.22. The molecule has 0 aliphatic heterocycles. The van der Waals surface area contributed by atoms with Crippen LogP contribution in [0.2, 0.25) is 0 Å². The molecule has 82 valence electrons. The van der Waals surface area contributed by atoms with Gasteiger partial charge >= 0.3 is 5.38 Å². The van der Waals surface area contributed by atoms with Gasteiger partial charge in [-0.15, -0.1) is 0 Å². The number of nitrogens with zero attached hydrogens (tertiary/aromatic N) is 1. The molecular weight excluding hydrogens is 243 g/mol. The van der Waals surface area contributed by atoms with Crippen LogP contribution in [0.15, 0.2) is 35.3 Å². The van der Waals surface area contributed by atoms with Gasteiger partial charge in [0, 0.05) is 0 Å². The van der Waals surface area contributed by atoms with Crippen LogP contribution in [0.1, 0.15) is 18.5 Å². The maximum Gasteiger partial charge on any atom is 0.374 e. The van der Waals surface area contributed by atoms with Crippen molar-refractivity contribution in [3.05, 3.63) is 35.9 Å². The van der Waals surface area contributed by atoms with Crippen LogP contribution in [0, 0.1) is 0 Å². The lowest BCUT2D eigenvalue weighted by Crippen LogP contribution is -2.16. The Balaban J connectivity index is 2.84. The molecule has 0 aromatic heterocycles. The van der Waals surface area contributed by atoms with Crippen LogP contribution in [0.4, 0.5) is 8.78 Å². The van der Waals surface area contributed by atoms with Crippen molar-refractivity contribution < 1.29 is 8.78 Å². The highest BCUT2D eigenvalue weighted by molar-refractivity contribution is 6.71. The number of rotatable bonds is 3. The highest BCUT2D eigenvalue weighted by atomic mass is 35.5. The van der Waals surface area contributed by atoms with Crippen LogP contribution in [0.3, 0.4) is 0 Å². The maximum absolute atomic E-state index is 12.5. The summed E-state index contributed by atoms with van der Waals surface area (Å²) in [5.74, 6) is 0. The number of hydrogen-bond acceptors (Lipinski definition) is 1. The first-order chi connectivity index (χ1) is 6.91. The molecule has 0 aliphatic rings. The lowest BCUT2D eigenvalue weighted by Gasteiger charge is -2.10. The second-order valence-electron chi connectivity index (χ2n) is 3.00. The molecule has 0 aliphatic carbocycles. The molecule has 5 heteroatoms. The van der Waals surface area contributed by atoms with Crippen LogP contribution in [-0.4, -0.2) is 10.6 Å². The van der Waals surface area contributed by atoms with Gasteiger partial charge in [0.1, 0.15) is 0 Å². The molecule has 1 rings (SSSR count). The zero-order chi connectivity index (χ0) is 11.5. The summed E-state index contributed by atoms with van der Waals surface area (Å²) in [6.07, 6.45) is 0. The Bertz CT molecular complexity index is 346. The van der Waals surface area contributed by atoms with E-state index in [9.17, 15) is 8.78 Å². The van der Waals surface area contributed by atoms with E-state index in [1.807, 2.05) is 6.07 Å². The Labute approximate surface area is 96.7 Å². The van der Waals surface area contributed by atoms with Crippen molar-refractivity contribution in [3.63, 3.8) is 0 Å². The zero-order valence-electron chi connectivity index (χ0n) is 7.92. The minimum atomic E-state index is -3.59. The van der Waals surface area contributed by atoms with Gasteiger partial charge < -0.3 is 0 Å². The average Bonchev–Trinajstić information content (AvgIpc) is 2.17. The molecule has 0 saturated heterocycles. The smallest absolute Gasteiger partial charge is 0.263 e. The molecular formula is C10H9Cl2F2N. The number of aliphatic imine (C=N–C) groups is 1. The Morgan fingerprint density at radius 1 is 1.33 bits per heavy atom. The highest BCUT2D eigenvalue weighted by Gasteiger charge is 2.31. The molecule has 1 aromatic carbocycles. The molecule has 0 fully saturated rings. The largest absolute Gasteiger partial charge is 0.374 e. The van der Waals surface area contributed by atoms with Crippen LogP contribution < -0.4 is 0 Å². The Hall–Kier alpha value is -0.670. The molecule has 1 atom stereocenters. The first-order valence-electron chi connectivity index (χ1n) is 4.26.